The molecule has 0 fully saturated rings. The van der Waals surface area contributed by atoms with E-state index in [1.165, 1.54) is 24.0 Å². The molecule has 2 heteroatoms. The molecular weight excluding hydrogens is 210 g/mol. The summed E-state index contributed by atoms with van der Waals surface area (Å²) in [6.45, 7) is 1.08. The van der Waals surface area contributed by atoms with E-state index < -0.39 is 0 Å². The summed E-state index contributed by atoms with van der Waals surface area (Å²) in [5, 5.41) is 9.57. The summed E-state index contributed by atoms with van der Waals surface area (Å²) in [7, 11) is 4.24. The Morgan fingerprint density at radius 3 is 2.88 bits per heavy atom. The standard InChI is InChI=1S/C15H21NO/c1-16(2)11-13-6-3-4-9-15(13)12-7-5-8-14(17)10-12/h5,7-10,13,17H,3-4,6,11H2,1-2H3/t13-/m0/s1. The predicted octanol–water partition coefficient (Wildman–Crippen LogP) is 3.14. The lowest BCUT2D eigenvalue weighted by Gasteiger charge is -2.27. The van der Waals surface area contributed by atoms with Crippen molar-refractivity contribution in [1.82, 2.24) is 4.90 Å². The van der Waals surface area contributed by atoms with Gasteiger partial charge in [0.15, 0.2) is 0 Å². The summed E-state index contributed by atoms with van der Waals surface area (Å²) in [5.74, 6) is 0.957. The lowest BCUT2D eigenvalue weighted by atomic mass is 9.83. The maximum absolute atomic E-state index is 9.57. The van der Waals surface area contributed by atoms with Gasteiger partial charge in [-0.05, 0) is 62.5 Å². The summed E-state index contributed by atoms with van der Waals surface area (Å²) < 4.78 is 0. The zero-order chi connectivity index (χ0) is 12.3. The van der Waals surface area contributed by atoms with Crippen LogP contribution in [0.25, 0.3) is 5.57 Å². The van der Waals surface area contributed by atoms with E-state index in [4.69, 9.17) is 0 Å². The summed E-state index contributed by atoms with van der Waals surface area (Å²) in [5.41, 5.74) is 2.58. The minimum Gasteiger partial charge on any atom is -0.508 e. The van der Waals surface area contributed by atoms with Crippen LogP contribution in [0.1, 0.15) is 24.8 Å². The molecule has 17 heavy (non-hydrogen) atoms. The van der Waals surface area contributed by atoms with Crippen LogP contribution >= 0.6 is 0 Å². The molecule has 1 N–H and O–H groups in total. The Morgan fingerprint density at radius 2 is 2.18 bits per heavy atom. The Balaban J connectivity index is 2.24. The molecule has 1 aliphatic carbocycles. The first-order valence-corrected chi connectivity index (χ1v) is 6.31. The minimum atomic E-state index is 0.359. The first kappa shape index (κ1) is 12.2. The van der Waals surface area contributed by atoms with Crippen LogP contribution < -0.4 is 0 Å². The van der Waals surface area contributed by atoms with Crippen molar-refractivity contribution < 1.29 is 5.11 Å². The van der Waals surface area contributed by atoms with Gasteiger partial charge in [0, 0.05) is 6.54 Å². The second-order valence-electron chi connectivity index (χ2n) is 5.10. The third-order valence-corrected chi connectivity index (χ3v) is 3.33. The Kier molecular flexibility index (Phi) is 3.85. The molecule has 1 aliphatic rings. The van der Waals surface area contributed by atoms with Crippen molar-refractivity contribution in [3.8, 4) is 5.75 Å². The zero-order valence-corrected chi connectivity index (χ0v) is 10.7. The molecule has 0 aliphatic heterocycles. The van der Waals surface area contributed by atoms with Crippen LogP contribution in [0, 0.1) is 5.92 Å². The second kappa shape index (κ2) is 5.37. The number of hydrogen-bond acceptors (Lipinski definition) is 2. The number of phenols is 1. The summed E-state index contributed by atoms with van der Waals surface area (Å²) in [6, 6.07) is 7.63. The first-order chi connectivity index (χ1) is 8.16. The Hall–Kier alpha value is -1.28. The smallest absolute Gasteiger partial charge is 0.116 e. The van der Waals surface area contributed by atoms with Crippen molar-refractivity contribution in [3.05, 3.63) is 35.9 Å². The van der Waals surface area contributed by atoms with Crippen molar-refractivity contribution >= 4 is 5.57 Å². The normalized spacial score (nSPS) is 20.4. The molecule has 1 aromatic carbocycles. The van der Waals surface area contributed by atoms with E-state index in [1.807, 2.05) is 12.1 Å². The Morgan fingerprint density at radius 1 is 1.35 bits per heavy atom. The van der Waals surface area contributed by atoms with Gasteiger partial charge >= 0.3 is 0 Å². The maximum Gasteiger partial charge on any atom is 0.116 e. The van der Waals surface area contributed by atoms with Gasteiger partial charge < -0.3 is 10.0 Å². The average Bonchev–Trinajstić information content (AvgIpc) is 2.29. The van der Waals surface area contributed by atoms with Crippen LogP contribution in [-0.4, -0.2) is 30.6 Å². The quantitative estimate of drug-likeness (QED) is 0.864. The van der Waals surface area contributed by atoms with Crippen molar-refractivity contribution in [2.24, 2.45) is 5.92 Å². The zero-order valence-electron chi connectivity index (χ0n) is 10.7. The van der Waals surface area contributed by atoms with E-state index in [1.54, 1.807) is 6.07 Å². The van der Waals surface area contributed by atoms with Gasteiger partial charge in [-0.2, -0.15) is 0 Å². The molecule has 0 spiro atoms. The fourth-order valence-corrected chi connectivity index (χ4v) is 2.61. The second-order valence-corrected chi connectivity index (χ2v) is 5.10. The molecular formula is C15H21NO. The Labute approximate surface area is 104 Å². The number of nitrogens with zero attached hydrogens (tertiary/aromatic N) is 1. The number of allylic oxidation sites excluding steroid dienone is 1. The SMILES string of the molecule is CN(C)C[C@@H]1CCCC=C1c1cccc(O)c1. The molecule has 0 amide bonds. The predicted molar refractivity (Wildman–Crippen MR) is 72.0 cm³/mol. The van der Waals surface area contributed by atoms with Gasteiger partial charge in [0.2, 0.25) is 0 Å². The monoisotopic (exact) mass is 231 g/mol. The van der Waals surface area contributed by atoms with Crippen LogP contribution in [0.3, 0.4) is 0 Å². The average molecular weight is 231 g/mol. The molecule has 1 atom stereocenters. The molecule has 0 saturated carbocycles. The first-order valence-electron chi connectivity index (χ1n) is 6.31. The third-order valence-electron chi connectivity index (χ3n) is 3.33. The molecule has 0 unspecified atom stereocenters. The fraction of sp³-hybridized carbons (Fsp3) is 0.467. The van der Waals surface area contributed by atoms with Gasteiger partial charge in [0.25, 0.3) is 0 Å². The number of aromatic hydroxyl groups is 1. The molecule has 0 bridgehead atoms. The number of hydrogen-bond donors (Lipinski definition) is 1. The van der Waals surface area contributed by atoms with Crippen LogP contribution in [0.15, 0.2) is 30.3 Å². The lowest BCUT2D eigenvalue weighted by Crippen LogP contribution is -2.24. The van der Waals surface area contributed by atoms with Crippen LogP contribution in [0.2, 0.25) is 0 Å². The summed E-state index contributed by atoms with van der Waals surface area (Å²) >= 11 is 0. The van der Waals surface area contributed by atoms with Crippen molar-refractivity contribution in [3.63, 3.8) is 0 Å². The van der Waals surface area contributed by atoms with E-state index in [0.717, 1.165) is 13.0 Å². The van der Waals surface area contributed by atoms with Crippen LogP contribution in [0.4, 0.5) is 0 Å². The van der Waals surface area contributed by atoms with Crippen molar-refractivity contribution in [1.29, 1.82) is 0 Å². The van der Waals surface area contributed by atoms with E-state index in [2.05, 4.69) is 31.1 Å². The molecule has 92 valence electrons. The third kappa shape index (κ3) is 3.10. The number of phenolic OH excluding ortho intramolecular Hbond substituents is 1. The van der Waals surface area contributed by atoms with Gasteiger partial charge in [-0.25, -0.2) is 0 Å². The molecule has 0 aromatic heterocycles. The minimum absolute atomic E-state index is 0.359. The Bertz CT molecular complexity index is 409. The van der Waals surface area contributed by atoms with Gasteiger partial charge in [-0.1, -0.05) is 18.2 Å². The largest absolute Gasteiger partial charge is 0.508 e. The van der Waals surface area contributed by atoms with E-state index in [0.29, 0.717) is 11.7 Å². The van der Waals surface area contributed by atoms with Gasteiger partial charge in [-0.15, -0.1) is 0 Å². The van der Waals surface area contributed by atoms with Gasteiger partial charge in [-0.3, -0.25) is 0 Å². The highest BCUT2D eigenvalue weighted by Gasteiger charge is 2.19. The molecule has 1 aromatic rings. The molecule has 0 heterocycles. The highest BCUT2D eigenvalue weighted by molar-refractivity contribution is 5.69. The lowest BCUT2D eigenvalue weighted by molar-refractivity contribution is 0.346. The molecule has 0 radical (unpaired) electrons. The summed E-state index contributed by atoms with van der Waals surface area (Å²) in [6.07, 6.45) is 6.03. The van der Waals surface area contributed by atoms with Crippen LogP contribution in [0.5, 0.6) is 5.75 Å². The van der Waals surface area contributed by atoms with E-state index >= 15 is 0 Å². The number of rotatable bonds is 3. The van der Waals surface area contributed by atoms with E-state index in [9.17, 15) is 5.11 Å². The topological polar surface area (TPSA) is 23.5 Å². The van der Waals surface area contributed by atoms with Crippen molar-refractivity contribution in [2.45, 2.75) is 19.3 Å². The van der Waals surface area contributed by atoms with E-state index in [-0.39, 0.29) is 0 Å². The molecule has 2 nitrogen and oxygen atoms in total. The highest BCUT2D eigenvalue weighted by atomic mass is 16.3. The van der Waals surface area contributed by atoms with Gasteiger partial charge in [0.1, 0.15) is 5.75 Å². The van der Waals surface area contributed by atoms with Crippen LogP contribution in [-0.2, 0) is 0 Å². The maximum atomic E-state index is 9.57. The molecule has 0 saturated heterocycles. The van der Waals surface area contributed by atoms with Crippen molar-refractivity contribution in [2.75, 3.05) is 20.6 Å². The van der Waals surface area contributed by atoms with Gasteiger partial charge in [0.05, 0.1) is 0 Å². The fourth-order valence-electron chi connectivity index (χ4n) is 2.61. The molecule has 2 rings (SSSR count). The highest BCUT2D eigenvalue weighted by Crippen LogP contribution is 2.33. The summed E-state index contributed by atoms with van der Waals surface area (Å²) in [4.78, 5) is 2.24. The number of benzene rings is 1.